The maximum absolute atomic E-state index is 12.3. The Morgan fingerprint density at radius 1 is 1.50 bits per heavy atom. The van der Waals surface area contributed by atoms with E-state index in [2.05, 4.69) is 10.3 Å². The Hall–Kier alpha value is -1.43. The zero-order valence-corrected chi connectivity index (χ0v) is 11.8. The number of amides is 2. The number of thiazole rings is 1. The van der Waals surface area contributed by atoms with Crippen LogP contribution in [0.25, 0.3) is 0 Å². The Bertz CT molecular complexity index is 495. The molecule has 0 radical (unpaired) electrons. The second-order valence-corrected chi connectivity index (χ2v) is 6.14. The second-order valence-electron chi connectivity index (χ2n) is 5.08. The van der Waals surface area contributed by atoms with Crippen LogP contribution in [0.1, 0.15) is 31.5 Å². The van der Waals surface area contributed by atoms with Gasteiger partial charge in [0.15, 0.2) is 0 Å². The van der Waals surface area contributed by atoms with Crippen molar-refractivity contribution in [3.63, 3.8) is 0 Å². The Kier molecular flexibility index (Phi) is 3.14. The van der Waals surface area contributed by atoms with Crippen molar-refractivity contribution >= 4 is 23.2 Å². The van der Waals surface area contributed by atoms with E-state index in [9.17, 15) is 9.59 Å². The third-order valence-electron chi connectivity index (χ3n) is 3.08. The standard InChI is InChI=1S/C12H17N3O2S/c1-7-10(16)14-12(3,4)11(17)15(7)5-9-6-18-8(2)13-9/h6-7H,5H2,1-4H3,(H,14,16). The first-order chi connectivity index (χ1) is 8.31. The van der Waals surface area contributed by atoms with Crippen molar-refractivity contribution in [1.82, 2.24) is 15.2 Å². The van der Waals surface area contributed by atoms with E-state index in [0.29, 0.717) is 6.54 Å². The van der Waals surface area contributed by atoms with Gasteiger partial charge in [-0.3, -0.25) is 9.59 Å². The molecule has 1 aromatic heterocycles. The minimum absolute atomic E-state index is 0.0692. The van der Waals surface area contributed by atoms with Crippen LogP contribution in [0.5, 0.6) is 0 Å². The zero-order valence-electron chi connectivity index (χ0n) is 11.0. The number of nitrogens with zero attached hydrogens (tertiary/aromatic N) is 2. The van der Waals surface area contributed by atoms with Crippen LogP contribution in [-0.2, 0) is 16.1 Å². The molecule has 0 spiro atoms. The summed E-state index contributed by atoms with van der Waals surface area (Å²) in [6.07, 6.45) is 0. The van der Waals surface area contributed by atoms with Crippen LogP contribution < -0.4 is 5.32 Å². The van der Waals surface area contributed by atoms with Crippen LogP contribution in [0, 0.1) is 6.92 Å². The molecule has 0 saturated carbocycles. The lowest BCUT2D eigenvalue weighted by atomic mass is 9.97. The molecule has 1 atom stereocenters. The molecule has 1 N–H and O–H groups in total. The van der Waals surface area contributed by atoms with Crippen molar-refractivity contribution in [2.75, 3.05) is 0 Å². The summed E-state index contributed by atoms with van der Waals surface area (Å²) in [7, 11) is 0. The van der Waals surface area contributed by atoms with E-state index in [4.69, 9.17) is 0 Å². The fourth-order valence-corrected chi connectivity index (χ4v) is 2.61. The summed E-state index contributed by atoms with van der Waals surface area (Å²) in [5.74, 6) is -0.188. The average Bonchev–Trinajstić information content (AvgIpc) is 2.67. The van der Waals surface area contributed by atoms with Gasteiger partial charge in [-0.15, -0.1) is 11.3 Å². The highest BCUT2D eigenvalue weighted by Crippen LogP contribution is 2.21. The molecule has 2 rings (SSSR count). The van der Waals surface area contributed by atoms with Gasteiger partial charge >= 0.3 is 0 Å². The average molecular weight is 267 g/mol. The summed E-state index contributed by atoms with van der Waals surface area (Å²) in [6.45, 7) is 7.49. The van der Waals surface area contributed by atoms with E-state index in [1.807, 2.05) is 12.3 Å². The first-order valence-corrected chi connectivity index (χ1v) is 6.73. The van der Waals surface area contributed by atoms with Gasteiger partial charge in [0.05, 0.1) is 17.2 Å². The molecule has 1 fully saturated rings. The number of aryl methyl sites for hydroxylation is 1. The number of carbonyl (C=O) groups is 2. The largest absolute Gasteiger partial charge is 0.340 e. The molecular formula is C12H17N3O2S. The predicted molar refractivity (Wildman–Crippen MR) is 69.1 cm³/mol. The van der Waals surface area contributed by atoms with Gasteiger partial charge in [0.25, 0.3) is 0 Å². The molecule has 18 heavy (non-hydrogen) atoms. The minimum atomic E-state index is -0.839. The van der Waals surface area contributed by atoms with E-state index in [1.54, 1.807) is 37.0 Å². The molecule has 0 bridgehead atoms. The molecule has 1 saturated heterocycles. The summed E-state index contributed by atoms with van der Waals surface area (Å²) in [5.41, 5.74) is -0.00234. The fraction of sp³-hybridized carbons (Fsp3) is 0.583. The number of rotatable bonds is 2. The Morgan fingerprint density at radius 3 is 2.72 bits per heavy atom. The monoisotopic (exact) mass is 267 g/mol. The Labute approximate surface area is 110 Å². The zero-order chi connectivity index (χ0) is 13.5. The van der Waals surface area contributed by atoms with Crippen molar-refractivity contribution in [1.29, 1.82) is 0 Å². The summed E-state index contributed by atoms with van der Waals surface area (Å²) in [4.78, 5) is 30.1. The van der Waals surface area contributed by atoms with Crippen LogP contribution in [0.3, 0.4) is 0 Å². The molecule has 1 unspecified atom stereocenters. The van der Waals surface area contributed by atoms with Crippen LogP contribution >= 0.6 is 11.3 Å². The van der Waals surface area contributed by atoms with Gasteiger partial charge < -0.3 is 10.2 Å². The van der Waals surface area contributed by atoms with Gasteiger partial charge in [0, 0.05) is 5.38 Å². The Balaban J connectivity index is 2.23. The normalized spacial score (nSPS) is 23.1. The molecule has 98 valence electrons. The maximum Gasteiger partial charge on any atom is 0.248 e. The quantitative estimate of drug-likeness (QED) is 0.872. The molecule has 6 heteroatoms. The van der Waals surface area contributed by atoms with Crippen molar-refractivity contribution in [3.8, 4) is 0 Å². The van der Waals surface area contributed by atoms with Crippen LogP contribution in [0.15, 0.2) is 5.38 Å². The number of nitrogens with one attached hydrogen (secondary N) is 1. The molecule has 1 aromatic rings. The van der Waals surface area contributed by atoms with Crippen molar-refractivity contribution in [2.45, 2.75) is 45.8 Å². The van der Waals surface area contributed by atoms with Crippen molar-refractivity contribution in [2.24, 2.45) is 0 Å². The van der Waals surface area contributed by atoms with Crippen LogP contribution in [0.2, 0.25) is 0 Å². The van der Waals surface area contributed by atoms with Crippen LogP contribution in [-0.4, -0.2) is 33.3 Å². The molecule has 1 aliphatic rings. The van der Waals surface area contributed by atoms with Crippen molar-refractivity contribution < 1.29 is 9.59 Å². The summed E-state index contributed by atoms with van der Waals surface area (Å²) >= 11 is 1.55. The lowest BCUT2D eigenvalue weighted by Crippen LogP contribution is -2.66. The van der Waals surface area contributed by atoms with Gasteiger partial charge in [-0.25, -0.2) is 4.98 Å². The second kappa shape index (κ2) is 4.35. The highest BCUT2D eigenvalue weighted by molar-refractivity contribution is 7.09. The third-order valence-corrected chi connectivity index (χ3v) is 3.90. The smallest absolute Gasteiger partial charge is 0.248 e. The highest BCUT2D eigenvalue weighted by atomic mass is 32.1. The van der Waals surface area contributed by atoms with E-state index < -0.39 is 11.6 Å². The molecule has 2 amide bonds. The molecule has 5 nitrogen and oxygen atoms in total. The highest BCUT2D eigenvalue weighted by Gasteiger charge is 2.43. The summed E-state index contributed by atoms with van der Waals surface area (Å²) < 4.78 is 0. The van der Waals surface area contributed by atoms with E-state index in [1.165, 1.54) is 0 Å². The minimum Gasteiger partial charge on any atom is -0.340 e. The fourth-order valence-electron chi connectivity index (χ4n) is 2.01. The topological polar surface area (TPSA) is 62.3 Å². The number of hydrogen-bond acceptors (Lipinski definition) is 4. The number of carbonyl (C=O) groups excluding carboxylic acids is 2. The van der Waals surface area contributed by atoms with Gasteiger partial charge in [-0.1, -0.05) is 0 Å². The molecule has 1 aliphatic heterocycles. The van der Waals surface area contributed by atoms with Gasteiger partial charge in [0.2, 0.25) is 11.8 Å². The van der Waals surface area contributed by atoms with E-state index in [-0.39, 0.29) is 11.8 Å². The van der Waals surface area contributed by atoms with Gasteiger partial charge in [-0.2, -0.15) is 0 Å². The first-order valence-electron chi connectivity index (χ1n) is 5.85. The van der Waals surface area contributed by atoms with E-state index in [0.717, 1.165) is 10.7 Å². The summed E-state index contributed by atoms with van der Waals surface area (Å²) in [6, 6.07) is -0.451. The lowest BCUT2D eigenvalue weighted by molar-refractivity contribution is -0.153. The number of hydrogen-bond donors (Lipinski definition) is 1. The number of aromatic nitrogens is 1. The lowest BCUT2D eigenvalue weighted by Gasteiger charge is -2.41. The van der Waals surface area contributed by atoms with Crippen molar-refractivity contribution in [3.05, 3.63) is 16.1 Å². The maximum atomic E-state index is 12.3. The molecule has 0 aromatic carbocycles. The molecular weight excluding hydrogens is 250 g/mol. The van der Waals surface area contributed by atoms with Gasteiger partial charge in [0.1, 0.15) is 11.6 Å². The molecule has 2 heterocycles. The van der Waals surface area contributed by atoms with Gasteiger partial charge in [-0.05, 0) is 27.7 Å². The third kappa shape index (κ3) is 2.25. The van der Waals surface area contributed by atoms with Crippen LogP contribution in [0.4, 0.5) is 0 Å². The molecule has 0 aliphatic carbocycles. The first kappa shape index (κ1) is 13.0. The van der Waals surface area contributed by atoms with E-state index >= 15 is 0 Å². The SMILES string of the molecule is Cc1nc(CN2C(=O)C(C)(C)NC(=O)C2C)cs1. The Morgan fingerprint density at radius 2 is 2.17 bits per heavy atom. The predicted octanol–water partition coefficient (Wildman–Crippen LogP) is 1.08. The summed E-state index contributed by atoms with van der Waals surface area (Å²) in [5, 5.41) is 5.62. The number of piperazine rings is 1.